The van der Waals surface area contributed by atoms with E-state index in [9.17, 15) is 9.18 Å². The number of carbonyl (C=O) groups is 1. The van der Waals surface area contributed by atoms with Crippen molar-refractivity contribution in [2.45, 2.75) is 13.5 Å². The maximum atomic E-state index is 13.8. The molecule has 0 radical (unpaired) electrons. The molecule has 1 aromatic heterocycles. The summed E-state index contributed by atoms with van der Waals surface area (Å²) in [6, 6.07) is 4.61. The molecule has 1 aromatic carbocycles. The third-order valence-corrected chi connectivity index (χ3v) is 3.16. The van der Waals surface area contributed by atoms with Crippen LogP contribution in [0, 0.1) is 12.7 Å². The van der Waals surface area contributed by atoms with E-state index in [1.165, 1.54) is 11.0 Å². The topological polar surface area (TPSA) is 61.9 Å². The van der Waals surface area contributed by atoms with Crippen molar-refractivity contribution < 1.29 is 9.18 Å². The number of H-pyrrole nitrogens is 1. The second kappa shape index (κ2) is 5.48. The van der Waals surface area contributed by atoms with Crippen LogP contribution in [-0.4, -0.2) is 33.0 Å². The van der Waals surface area contributed by atoms with Crippen LogP contribution in [0.25, 0.3) is 0 Å². The Balaban J connectivity index is 2.17. The van der Waals surface area contributed by atoms with Crippen LogP contribution < -0.4 is 0 Å². The molecule has 100 valence electrons. The van der Waals surface area contributed by atoms with Gasteiger partial charge in [-0.15, -0.1) is 0 Å². The average molecular weight is 327 g/mol. The summed E-state index contributed by atoms with van der Waals surface area (Å²) in [7, 11) is 1.58. The number of hydrogen-bond acceptors (Lipinski definition) is 3. The average Bonchev–Trinajstić information content (AvgIpc) is 2.77. The van der Waals surface area contributed by atoms with Gasteiger partial charge in [0, 0.05) is 7.05 Å². The number of aromatic amines is 1. The molecule has 19 heavy (non-hydrogen) atoms. The summed E-state index contributed by atoms with van der Waals surface area (Å²) in [5.74, 6) is 0.181. The number of nitrogens with zero attached hydrogens (tertiary/aromatic N) is 3. The normalized spacial score (nSPS) is 10.5. The Bertz CT molecular complexity index is 614. The van der Waals surface area contributed by atoms with Gasteiger partial charge in [0.2, 0.25) is 0 Å². The zero-order chi connectivity index (χ0) is 14.0. The lowest BCUT2D eigenvalue weighted by atomic mass is 10.2. The standard InChI is InChI=1S/C12H12BrFN4O/c1-7-15-10(17-16-7)6-18(2)12(19)8-4-3-5-9(13)11(8)14/h3-5H,6H2,1-2H3,(H,15,16,17). The van der Waals surface area contributed by atoms with Gasteiger partial charge >= 0.3 is 0 Å². The van der Waals surface area contributed by atoms with Gasteiger partial charge in [-0.25, -0.2) is 9.37 Å². The largest absolute Gasteiger partial charge is 0.334 e. The van der Waals surface area contributed by atoms with E-state index < -0.39 is 11.7 Å². The monoisotopic (exact) mass is 326 g/mol. The third kappa shape index (κ3) is 2.98. The fourth-order valence-corrected chi connectivity index (χ4v) is 1.98. The number of hydrogen-bond donors (Lipinski definition) is 1. The molecule has 5 nitrogen and oxygen atoms in total. The Hall–Kier alpha value is -1.76. The lowest BCUT2D eigenvalue weighted by Crippen LogP contribution is -2.27. The fraction of sp³-hybridized carbons (Fsp3) is 0.250. The lowest BCUT2D eigenvalue weighted by molar-refractivity contribution is 0.0777. The van der Waals surface area contributed by atoms with Gasteiger partial charge in [-0.2, -0.15) is 5.10 Å². The molecular weight excluding hydrogens is 315 g/mol. The highest BCUT2D eigenvalue weighted by molar-refractivity contribution is 9.10. The molecule has 0 saturated carbocycles. The molecule has 0 bridgehead atoms. The molecule has 2 aromatic rings. The molecular formula is C12H12BrFN4O. The van der Waals surface area contributed by atoms with Crippen LogP contribution >= 0.6 is 15.9 Å². The van der Waals surface area contributed by atoms with Gasteiger partial charge < -0.3 is 4.90 Å². The van der Waals surface area contributed by atoms with Gasteiger partial charge in [-0.05, 0) is 35.0 Å². The van der Waals surface area contributed by atoms with Gasteiger partial charge in [0.25, 0.3) is 5.91 Å². The van der Waals surface area contributed by atoms with Crippen molar-refractivity contribution in [2.24, 2.45) is 0 Å². The highest BCUT2D eigenvalue weighted by Crippen LogP contribution is 2.19. The van der Waals surface area contributed by atoms with Crippen LogP contribution in [0.2, 0.25) is 0 Å². The first kappa shape index (κ1) is 13.7. The van der Waals surface area contributed by atoms with Crippen LogP contribution in [-0.2, 0) is 6.54 Å². The lowest BCUT2D eigenvalue weighted by Gasteiger charge is -2.15. The molecule has 1 N–H and O–H groups in total. The summed E-state index contributed by atoms with van der Waals surface area (Å²) in [4.78, 5) is 17.6. The fourth-order valence-electron chi connectivity index (χ4n) is 1.62. The van der Waals surface area contributed by atoms with E-state index in [1.54, 1.807) is 26.1 Å². The van der Waals surface area contributed by atoms with Crippen LogP contribution in [0.1, 0.15) is 22.0 Å². The van der Waals surface area contributed by atoms with Crippen molar-refractivity contribution in [1.29, 1.82) is 0 Å². The van der Waals surface area contributed by atoms with Crippen molar-refractivity contribution in [3.05, 3.63) is 45.7 Å². The molecule has 0 aliphatic rings. The molecule has 0 unspecified atom stereocenters. The Morgan fingerprint density at radius 1 is 1.53 bits per heavy atom. The van der Waals surface area contributed by atoms with E-state index in [0.717, 1.165) is 0 Å². The number of aromatic nitrogens is 3. The minimum absolute atomic E-state index is 0.0177. The Morgan fingerprint density at radius 3 is 2.89 bits per heavy atom. The maximum absolute atomic E-state index is 13.8. The quantitative estimate of drug-likeness (QED) is 0.941. The minimum atomic E-state index is -0.564. The Kier molecular flexibility index (Phi) is 3.94. The highest BCUT2D eigenvalue weighted by Gasteiger charge is 2.18. The minimum Gasteiger partial charge on any atom is -0.334 e. The first-order chi connectivity index (χ1) is 8.99. The second-order valence-electron chi connectivity index (χ2n) is 4.10. The molecule has 1 amide bonds. The van der Waals surface area contributed by atoms with E-state index in [2.05, 4.69) is 31.1 Å². The summed E-state index contributed by atoms with van der Waals surface area (Å²) in [5, 5.41) is 6.63. The van der Waals surface area contributed by atoms with Gasteiger partial charge in [-0.3, -0.25) is 9.89 Å². The molecule has 0 aliphatic heterocycles. The maximum Gasteiger partial charge on any atom is 0.257 e. The zero-order valence-corrected chi connectivity index (χ0v) is 12.0. The van der Waals surface area contributed by atoms with E-state index in [-0.39, 0.29) is 16.6 Å². The summed E-state index contributed by atoms with van der Waals surface area (Å²) < 4.78 is 14.1. The number of carbonyl (C=O) groups excluding carboxylic acids is 1. The van der Waals surface area contributed by atoms with Gasteiger partial charge in [0.05, 0.1) is 16.6 Å². The molecule has 7 heteroatoms. The number of nitrogens with one attached hydrogen (secondary N) is 1. The first-order valence-electron chi connectivity index (χ1n) is 5.56. The highest BCUT2D eigenvalue weighted by atomic mass is 79.9. The summed E-state index contributed by atoms with van der Waals surface area (Å²) in [6.45, 7) is 1.99. The number of halogens is 2. The number of benzene rings is 1. The second-order valence-corrected chi connectivity index (χ2v) is 4.95. The van der Waals surface area contributed by atoms with Crippen molar-refractivity contribution in [2.75, 3.05) is 7.05 Å². The van der Waals surface area contributed by atoms with Crippen molar-refractivity contribution >= 4 is 21.8 Å². The van der Waals surface area contributed by atoms with E-state index in [0.29, 0.717) is 11.6 Å². The van der Waals surface area contributed by atoms with Crippen LogP contribution in [0.5, 0.6) is 0 Å². The predicted octanol–water partition coefficient (Wildman–Crippen LogP) is 2.29. The number of aryl methyl sites for hydroxylation is 1. The molecule has 0 aliphatic carbocycles. The van der Waals surface area contributed by atoms with E-state index in [1.807, 2.05) is 0 Å². The van der Waals surface area contributed by atoms with Gasteiger partial charge in [0.15, 0.2) is 5.82 Å². The molecule has 0 fully saturated rings. The number of rotatable bonds is 3. The first-order valence-corrected chi connectivity index (χ1v) is 6.35. The zero-order valence-electron chi connectivity index (χ0n) is 10.4. The van der Waals surface area contributed by atoms with Crippen molar-refractivity contribution in [3.63, 3.8) is 0 Å². The van der Waals surface area contributed by atoms with Crippen LogP contribution in [0.4, 0.5) is 4.39 Å². The molecule has 0 atom stereocenters. The van der Waals surface area contributed by atoms with E-state index in [4.69, 9.17) is 0 Å². The molecule has 2 rings (SSSR count). The molecule has 0 saturated heterocycles. The summed E-state index contributed by atoms with van der Waals surface area (Å²) >= 11 is 3.06. The summed E-state index contributed by atoms with van der Waals surface area (Å²) in [6.07, 6.45) is 0. The van der Waals surface area contributed by atoms with Crippen LogP contribution in [0.15, 0.2) is 22.7 Å². The van der Waals surface area contributed by atoms with Crippen molar-refractivity contribution in [3.8, 4) is 0 Å². The Labute approximate surface area is 118 Å². The molecule has 1 heterocycles. The predicted molar refractivity (Wildman–Crippen MR) is 71.0 cm³/mol. The third-order valence-electron chi connectivity index (χ3n) is 2.55. The smallest absolute Gasteiger partial charge is 0.257 e. The van der Waals surface area contributed by atoms with E-state index >= 15 is 0 Å². The van der Waals surface area contributed by atoms with Crippen LogP contribution in [0.3, 0.4) is 0 Å². The van der Waals surface area contributed by atoms with Crippen molar-refractivity contribution in [1.82, 2.24) is 20.1 Å². The van der Waals surface area contributed by atoms with Gasteiger partial charge in [-0.1, -0.05) is 6.07 Å². The molecule has 0 spiro atoms. The van der Waals surface area contributed by atoms with Gasteiger partial charge in [0.1, 0.15) is 11.6 Å². The SMILES string of the molecule is Cc1nc(CN(C)C(=O)c2cccc(Br)c2F)n[nH]1. The Morgan fingerprint density at radius 2 is 2.26 bits per heavy atom. The number of amides is 1. The summed E-state index contributed by atoms with van der Waals surface area (Å²) in [5.41, 5.74) is 0.0177.